The summed E-state index contributed by atoms with van der Waals surface area (Å²) in [6, 6.07) is 17.2. The zero-order valence-electron chi connectivity index (χ0n) is 13.9. The second kappa shape index (κ2) is 8.19. The average Bonchev–Trinajstić information content (AvgIpc) is 2.61. The molecule has 0 saturated carbocycles. The number of ether oxygens (including phenoxy) is 1. The van der Waals surface area contributed by atoms with Gasteiger partial charge in [0.15, 0.2) is 5.96 Å². The lowest BCUT2D eigenvalue weighted by molar-refractivity contribution is -0.123. The molecule has 3 rings (SSSR count). The average molecular weight is 338 g/mol. The zero-order valence-corrected chi connectivity index (χ0v) is 13.9. The third kappa shape index (κ3) is 5.24. The molecule has 1 aliphatic rings. The minimum Gasteiger partial charge on any atom is -0.457 e. The summed E-state index contributed by atoms with van der Waals surface area (Å²) in [5, 5.41) is 5.98. The van der Waals surface area contributed by atoms with Gasteiger partial charge in [-0.2, -0.15) is 0 Å². The van der Waals surface area contributed by atoms with Crippen LogP contribution in [0.15, 0.2) is 59.6 Å². The molecule has 2 aromatic carbocycles. The fraction of sp³-hybridized carbons (Fsp3) is 0.263. The van der Waals surface area contributed by atoms with E-state index in [0.29, 0.717) is 24.7 Å². The number of benzene rings is 2. The molecule has 0 spiro atoms. The summed E-state index contributed by atoms with van der Waals surface area (Å²) < 4.78 is 5.80. The van der Waals surface area contributed by atoms with Crippen LogP contribution in [0.5, 0.6) is 11.5 Å². The number of hydrogen-bond acceptors (Lipinski definition) is 3. The van der Waals surface area contributed by atoms with Crippen molar-refractivity contribution in [1.82, 2.24) is 5.32 Å². The van der Waals surface area contributed by atoms with Gasteiger partial charge in [-0.3, -0.25) is 9.79 Å². The quantitative estimate of drug-likeness (QED) is 0.578. The number of nitrogens with two attached hydrogens (primary N) is 1. The molecular formula is C19H22N4O2. The van der Waals surface area contributed by atoms with Crippen LogP contribution in [0.4, 0.5) is 5.69 Å². The van der Waals surface area contributed by atoms with Crippen molar-refractivity contribution in [2.24, 2.45) is 10.7 Å². The number of anilines is 1. The van der Waals surface area contributed by atoms with Crippen molar-refractivity contribution in [3.63, 3.8) is 0 Å². The number of para-hydroxylation sites is 1. The highest BCUT2D eigenvalue weighted by Crippen LogP contribution is 2.23. The minimum atomic E-state index is 0.0642. The molecule has 25 heavy (non-hydrogen) atoms. The van der Waals surface area contributed by atoms with Crippen LogP contribution in [0.1, 0.15) is 19.3 Å². The smallest absolute Gasteiger partial charge is 0.220 e. The standard InChI is InChI=1S/C19H22N4O2/c20-19(21-13-15-7-5-11-18(24)22-15)23-14-6-4-10-17(12-14)25-16-8-2-1-3-9-16/h1-4,6,8-10,12,15H,5,7,11,13H2,(H,22,24)(H3,20,21,23). The first kappa shape index (κ1) is 16.8. The Balaban J connectivity index is 1.57. The largest absolute Gasteiger partial charge is 0.457 e. The number of nitrogens with zero attached hydrogens (tertiary/aromatic N) is 1. The van der Waals surface area contributed by atoms with Gasteiger partial charge in [0.25, 0.3) is 0 Å². The molecule has 0 bridgehead atoms. The van der Waals surface area contributed by atoms with E-state index in [1.54, 1.807) is 0 Å². The van der Waals surface area contributed by atoms with Crippen molar-refractivity contribution in [3.05, 3.63) is 54.6 Å². The monoisotopic (exact) mass is 338 g/mol. The molecule has 0 radical (unpaired) electrons. The highest BCUT2D eigenvalue weighted by Gasteiger charge is 2.17. The zero-order chi connectivity index (χ0) is 17.5. The van der Waals surface area contributed by atoms with Crippen LogP contribution in [0.3, 0.4) is 0 Å². The van der Waals surface area contributed by atoms with E-state index < -0.39 is 0 Å². The Kier molecular flexibility index (Phi) is 5.51. The van der Waals surface area contributed by atoms with Gasteiger partial charge in [0.2, 0.25) is 5.91 Å². The first-order chi connectivity index (χ1) is 12.2. The van der Waals surface area contributed by atoms with Gasteiger partial charge in [0, 0.05) is 24.2 Å². The fourth-order valence-electron chi connectivity index (χ4n) is 2.68. The Labute approximate surface area is 147 Å². The Morgan fingerprint density at radius 2 is 2.00 bits per heavy atom. The maximum absolute atomic E-state index is 11.4. The predicted octanol–water partition coefficient (Wildman–Crippen LogP) is 2.87. The normalized spacial score (nSPS) is 17.7. The van der Waals surface area contributed by atoms with Crippen LogP contribution < -0.4 is 21.1 Å². The van der Waals surface area contributed by atoms with Gasteiger partial charge in [0.05, 0.1) is 6.54 Å². The van der Waals surface area contributed by atoms with E-state index in [9.17, 15) is 4.79 Å². The van der Waals surface area contributed by atoms with Crippen LogP contribution in [0, 0.1) is 0 Å². The van der Waals surface area contributed by atoms with Gasteiger partial charge in [0.1, 0.15) is 11.5 Å². The van der Waals surface area contributed by atoms with E-state index in [4.69, 9.17) is 10.5 Å². The molecular weight excluding hydrogens is 316 g/mol. The molecule has 1 saturated heterocycles. The van der Waals surface area contributed by atoms with E-state index in [2.05, 4.69) is 15.6 Å². The van der Waals surface area contributed by atoms with Gasteiger partial charge in [-0.1, -0.05) is 24.3 Å². The lowest BCUT2D eigenvalue weighted by Crippen LogP contribution is -2.41. The number of carbonyl (C=O) groups excluding carboxylic acids is 1. The molecule has 0 aliphatic carbocycles. The van der Waals surface area contributed by atoms with E-state index in [1.807, 2.05) is 54.6 Å². The predicted molar refractivity (Wildman–Crippen MR) is 98.9 cm³/mol. The molecule has 1 fully saturated rings. The summed E-state index contributed by atoms with van der Waals surface area (Å²) in [7, 11) is 0. The molecule has 6 heteroatoms. The minimum absolute atomic E-state index is 0.0642. The third-order valence-corrected chi connectivity index (χ3v) is 3.89. The molecule has 1 heterocycles. The number of rotatable bonds is 5. The van der Waals surface area contributed by atoms with E-state index in [-0.39, 0.29) is 11.9 Å². The van der Waals surface area contributed by atoms with Gasteiger partial charge in [-0.15, -0.1) is 0 Å². The first-order valence-electron chi connectivity index (χ1n) is 8.38. The topological polar surface area (TPSA) is 88.7 Å². The van der Waals surface area contributed by atoms with Crippen molar-refractivity contribution in [2.75, 3.05) is 11.9 Å². The molecule has 6 nitrogen and oxygen atoms in total. The van der Waals surface area contributed by atoms with Crippen molar-refractivity contribution in [3.8, 4) is 11.5 Å². The second-order valence-corrected chi connectivity index (χ2v) is 5.95. The van der Waals surface area contributed by atoms with Crippen LogP contribution in [-0.4, -0.2) is 24.5 Å². The van der Waals surface area contributed by atoms with Crippen molar-refractivity contribution in [2.45, 2.75) is 25.3 Å². The van der Waals surface area contributed by atoms with Crippen LogP contribution in [0.25, 0.3) is 0 Å². The van der Waals surface area contributed by atoms with Crippen LogP contribution in [0.2, 0.25) is 0 Å². The summed E-state index contributed by atoms with van der Waals surface area (Å²) in [6.07, 6.45) is 2.43. The molecule has 4 N–H and O–H groups in total. The van der Waals surface area contributed by atoms with Gasteiger partial charge < -0.3 is 21.1 Å². The SMILES string of the molecule is NC(=NCC1CCCC(=O)N1)Nc1cccc(Oc2ccccc2)c1. The summed E-state index contributed by atoms with van der Waals surface area (Å²) in [5.74, 6) is 1.89. The van der Waals surface area contributed by atoms with Crippen LogP contribution >= 0.6 is 0 Å². The number of guanidine groups is 1. The number of piperidine rings is 1. The van der Waals surface area contributed by atoms with Crippen molar-refractivity contribution in [1.29, 1.82) is 0 Å². The second-order valence-electron chi connectivity index (χ2n) is 5.95. The Morgan fingerprint density at radius 1 is 1.20 bits per heavy atom. The maximum Gasteiger partial charge on any atom is 0.220 e. The summed E-state index contributed by atoms with van der Waals surface area (Å²) in [5.41, 5.74) is 6.74. The molecule has 130 valence electrons. The Morgan fingerprint density at radius 3 is 2.80 bits per heavy atom. The maximum atomic E-state index is 11.4. The van der Waals surface area contributed by atoms with Gasteiger partial charge >= 0.3 is 0 Å². The molecule has 1 amide bonds. The summed E-state index contributed by atoms with van der Waals surface area (Å²) in [6.45, 7) is 0.477. The number of nitrogens with one attached hydrogen (secondary N) is 2. The third-order valence-electron chi connectivity index (χ3n) is 3.89. The summed E-state index contributed by atoms with van der Waals surface area (Å²) in [4.78, 5) is 15.7. The molecule has 0 aromatic heterocycles. The first-order valence-corrected chi connectivity index (χ1v) is 8.38. The molecule has 1 atom stereocenters. The number of amides is 1. The lowest BCUT2D eigenvalue weighted by Gasteiger charge is -2.21. The fourth-order valence-corrected chi connectivity index (χ4v) is 2.68. The molecule has 2 aromatic rings. The van der Waals surface area contributed by atoms with Gasteiger partial charge in [-0.05, 0) is 37.1 Å². The lowest BCUT2D eigenvalue weighted by atomic mass is 10.0. The van der Waals surface area contributed by atoms with Crippen molar-refractivity contribution >= 4 is 17.6 Å². The Hall–Kier alpha value is -3.02. The number of carbonyl (C=O) groups is 1. The van der Waals surface area contributed by atoms with Crippen molar-refractivity contribution < 1.29 is 9.53 Å². The highest BCUT2D eigenvalue weighted by molar-refractivity contribution is 5.92. The van der Waals surface area contributed by atoms with Crippen LogP contribution in [-0.2, 0) is 4.79 Å². The molecule has 1 aliphatic heterocycles. The van der Waals surface area contributed by atoms with E-state index in [0.717, 1.165) is 24.3 Å². The Bertz CT molecular complexity index is 746. The highest BCUT2D eigenvalue weighted by atomic mass is 16.5. The van der Waals surface area contributed by atoms with Gasteiger partial charge in [-0.25, -0.2) is 0 Å². The summed E-state index contributed by atoms with van der Waals surface area (Å²) >= 11 is 0. The number of aliphatic imine (C=N–C) groups is 1. The van der Waals surface area contributed by atoms with E-state index in [1.165, 1.54) is 0 Å². The van der Waals surface area contributed by atoms with E-state index >= 15 is 0 Å². The molecule has 1 unspecified atom stereocenters. The number of hydrogen-bond donors (Lipinski definition) is 3.